The van der Waals surface area contributed by atoms with Crippen molar-refractivity contribution in [2.24, 2.45) is 22.7 Å². The molecule has 0 atom stereocenters. The minimum Gasteiger partial charge on any atom is -0.380 e. The fourth-order valence-electron chi connectivity index (χ4n) is 11.8. The second-order valence-corrected chi connectivity index (χ2v) is 19.0. The molecule has 4 aliphatic carbocycles. The van der Waals surface area contributed by atoms with Gasteiger partial charge in [-0.3, -0.25) is 0 Å². The van der Waals surface area contributed by atoms with E-state index in [9.17, 15) is 17.6 Å². The molecule has 0 radical (unpaired) electrons. The predicted molar refractivity (Wildman–Crippen MR) is 237 cm³/mol. The highest BCUT2D eigenvalue weighted by atomic mass is 19.2. The first-order valence-corrected chi connectivity index (χ1v) is 24.0. The summed E-state index contributed by atoms with van der Waals surface area (Å²) >= 11 is 0. The van der Waals surface area contributed by atoms with Crippen molar-refractivity contribution in [2.75, 3.05) is 13.2 Å². The van der Waals surface area contributed by atoms with Crippen LogP contribution in [0.5, 0.6) is 0 Å². The highest BCUT2D eigenvalue weighted by Gasteiger charge is 2.51. The summed E-state index contributed by atoms with van der Waals surface area (Å²) in [5.74, 6) is -3.01. The number of hydrogen-bond donors (Lipinski definition) is 0. The lowest BCUT2D eigenvalue weighted by Crippen LogP contribution is -2.46. The average molecular weight is 815 g/mol. The van der Waals surface area contributed by atoms with Crippen molar-refractivity contribution in [2.45, 2.75) is 179 Å². The Balaban J connectivity index is 1.16. The Labute approximate surface area is 355 Å². The van der Waals surface area contributed by atoms with Crippen LogP contribution in [0.15, 0.2) is 85.0 Å². The molecule has 0 bridgehead atoms. The van der Waals surface area contributed by atoms with E-state index in [1.54, 1.807) is 0 Å². The van der Waals surface area contributed by atoms with E-state index >= 15 is 0 Å². The summed E-state index contributed by atoms with van der Waals surface area (Å²) in [7, 11) is 0. The average Bonchev–Trinajstić information content (AvgIpc) is 3.26. The van der Waals surface area contributed by atoms with Crippen LogP contribution >= 0.6 is 0 Å². The number of halogens is 4. The van der Waals surface area contributed by atoms with Crippen molar-refractivity contribution < 1.29 is 22.3 Å². The summed E-state index contributed by atoms with van der Waals surface area (Å²) in [5.41, 5.74) is 0.633. The first kappa shape index (κ1) is 45.6. The maximum Gasteiger partial charge on any atom is 0.159 e. The fourth-order valence-corrected chi connectivity index (χ4v) is 11.8. The molecule has 4 aliphatic rings. The Bertz CT molecular complexity index is 1570. The second-order valence-electron chi connectivity index (χ2n) is 19.0. The van der Waals surface area contributed by atoms with E-state index < -0.39 is 34.1 Å². The summed E-state index contributed by atoms with van der Waals surface area (Å²) < 4.78 is 65.1. The van der Waals surface area contributed by atoms with Crippen molar-refractivity contribution in [1.82, 2.24) is 0 Å². The third-order valence-electron chi connectivity index (χ3n) is 15.2. The Morgan fingerprint density at radius 3 is 1.17 bits per heavy atom. The third-order valence-corrected chi connectivity index (χ3v) is 15.2. The van der Waals surface area contributed by atoms with Crippen LogP contribution in [0.4, 0.5) is 17.6 Å². The van der Waals surface area contributed by atoms with Crippen LogP contribution in [0.2, 0.25) is 0 Å². The van der Waals surface area contributed by atoms with E-state index in [-0.39, 0.29) is 22.7 Å². The van der Waals surface area contributed by atoms with Gasteiger partial charge in [-0.15, -0.1) is 0 Å². The van der Waals surface area contributed by atoms with Gasteiger partial charge in [0.25, 0.3) is 0 Å². The Morgan fingerprint density at radius 1 is 0.458 bits per heavy atom. The van der Waals surface area contributed by atoms with E-state index in [4.69, 9.17) is 4.74 Å². The Hall–Kier alpha value is -2.92. The molecule has 0 heterocycles. The molecule has 2 aromatic rings. The SMILES string of the molecule is CCCCCCCCC1([C@]2(c3ccc(F)c(F)c3)C=C[C@H](COC[C@H]3C=C[C@@](c4ccc(F)c(F)c4)(C4(CCCCCCCC)CCCCC4)C=C3)C=C2)CCCCC1. The van der Waals surface area contributed by atoms with Crippen LogP contribution in [0, 0.1) is 45.9 Å². The summed E-state index contributed by atoms with van der Waals surface area (Å²) in [6, 6.07) is 9.14. The van der Waals surface area contributed by atoms with Gasteiger partial charge in [-0.1, -0.05) is 190 Å². The Morgan fingerprint density at radius 2 is 0.814 bits per heavy atom. The highest BCUT2D eigenvalue weighted by molar-refractivity contribution is 5.46. The molecule has 324 valence electrons. The zero-order valence-electron chi connectivity index (χ0n) is 36.5. The van der Waals surface area contributed by atoms with Crippen LogP contribution in [0.25, 0.3) is 0 Å². The number of ether oxygens (including phenoxy) is 1. The molecule has 6 rings (SSSR count). The lowest BCUT2D eigenvalue weighted by atomic mass is 9.51. The zero-order chi connectivity index (χ0) is 41.6. The molecule has 5 heteroatoms. The lowest BCUT2D eigenvalue weighted by molar-refractivity contribution is 0.0920. The fraction of sp³-hybridized carbons (Fsp3) is 0.630. The lowest BCUT2D eigenvalue weighted by Gasteiger charge is -2.52. The summed E-state index contributed by atoms with van der Waals surface area (Å²) in [6.45, 7) is 5.56. The van der Waals surface area contributed by atoms with Crippen molar-refractivity contribution >= 4 is 0 Å². The van der Waals surface area contributed by atoms with Crippen LogP contribution < -0.4 is 0 Å². The zero-order valence-corrected chi connectivity index (χ0v) is 36.5. The van der Waals surface area contributed by atoms with Gasteiger partial charge in [-0.25, -0.2) is 17.6 Å². The van der Waals surface area contributed by atoms with E-state index in [2.05, 4.69) is 62.5 Å². The summed E-state index contributed by atoms with van der Waals surface area (Å²) in [5, 5.41) is 0. The van der Waals surface area contributed by atoms with Gasteiger partial charge in [0, 0.05) is 22.7 Å². The molecule has 1 nitrogen and oxygen atoms in total. The van der Waals surface area contributed by atoms with Crippen LogP contribution in [0.3, 0.4) is 0 Å². The van der Waals surface area contributed by atoms with Gasteiger partial charge in [-0.2, -0.15) is 0 Å². The van der Waals surface area contributed by atoms with E-state index in [0.717, 1.165) is 88.2 Å². The molecule has 0 saturated heterocycles. The quantitative estimate of drug-likeness (QED) is 0.0654. The minimum atomic E-state index is -0.799. The topological polar surface area (TPSA) is 9.23 Å². The van der Waals surface area contributed by atoms with Gasteiger partial charge < -0.3 is 4.74 Å². The number of benzene rings is 2. The number of allylic oxidation sites excluding steroid dienone is 4. The van der Waals surface area contributed by atoms with Gasteiger partial charge in [0.1, 0.15) is 0 Å². The molecule has 0 amide bonds. The first-order valence-electron chi connectivity index (χ1n) is 24.0. The molecular formula is C54H74F4O. The highest BCUT2D eigenvalue weighted by Crippen LogP contribution is 2.59. The largest absolute Gasteiger partial charge is 0.380 e. The molecule has 2 saturated carbocycles. The summed E-state index contributed by atoms with van der Waals surface area (Å²) in [4.78, 5) is 0. The summed E-state index contributed by atoms with van der Waals surface area (Å²) in [6.07, 6.45) is 46.8. The van der Waals surface area contributed by atoms with Crippen LogP contribution in [-0.4, -0.2) is 13.2 Å². The molecule has 0 aromatic heterocycles. The van der Waals surface area contributed by atoms with E-state index in [1.807, 2.05) is 12.1 Å². The van der Waals surface area contributed by atoms with Gasteiger partial charge in [0.15, 0.2) is 23.3 Å². The van der Waals surface area contributed by atoms with Crippen LogP contribution in [-0.2, 0) is 15.6 Å². The van der Waals surface area contributed by atoms with Gasteiger partial charge >= 0.3 is 0 Å². The molecule has 2 fully saturated rings. The molecule has 59 heavy (non-hydrogen) atoms. The molecule has 0 N–H and O–H groups in total. The van der Waals surface area contributed by atoms with Crippen molar-refractivity contribution in [3.63, 3.8) is 0 Å². The normalized spacial score (nSPS) is 26.1. The monoisotopic (exact) mass is 815 g/mol. The van der Waals surface area contributed by atoms with Crippen LogP contribution in [0.1, 0.15) is 179 Å². The predicted octanol–water partition coefficient (Wildman–Crippen LogP) is 16.3. The maximum absolute atomic E-state index is 15.0. The van der Waals surface area contributed by atoms with Gasteiger partial charge in [-0.05, 0) is 84.7 Å². The molecule has 0 spiro atoms. The van der Waals surface area contributed by atoms with Crippen molar-refractivity contribution in [3.05, 3.63) is 119 Å². The number of unbranched alkanes of at least 4 members (excludes halogenated alkanes) is 10. The number of hydrogen-bond acceptors (Lipinski definition) is 1. The number of rotatable bonds is 22. The third kappa shape index (κ3) is 10.6. The van der Waals surface area contributed by atoms with Gasteiger partial charge in [0.05, 0.1) is 13.2 Å². The standard InChI is InChI=1S/C54H74F4O/c1-3-5-7-9-11-15-29-51(31-17-13-18-32-51)53(45-21-23-47(55)49(57)39-45)35-25-43(26-36-53)41-59-42-44-27-37-54(38-28-44,46-22-24-48(56)50(58)40-46)52(33-19-14-20-34-52)30-16-12-10-8-6-4-2/h21-28,35-40,43-44H,3-20,29-34,41-42H2,1-2H3/t43-,44-,53+,54+. The first-order chi connectivity index (χ1) is 28.7. The van der Waals surface area contributed by atoms with Gasteiger partial charge in [0.2, 0.25) is 0 Å². The molecule has 2 aromatic carbocycles. The second kappa shape index (κ2) is 21.7. The maximum atomic E-state index is 15.0. The molecule has 0 unspecified atom stereocenters. The molecule has 0 aliphatic heterocycles. The Kier molecular flexibility index (Phi) is 16.8. The van der Waals surface area contributed by atoms with E-state index in [0.29, 0.717) is 13.2 Å². The van der Waals surface area contributed by atoms with Crippen molar-refractivity contribution in [3.8, 4) is 0 Å². The van der Waals surface area contributed by atoms with Crippen molar-refractivity contribution in [1.29, 1.82) is 0 Å². The smallest absolute Gasteiger partial charge is 0.159 e. The minimum absolute atomic E-state index is 0.0402. The molecular weight excluding hydrogens is 741 g/mol. The van der Waals surface area contributed by atoms with E-state index in [1.165, 1.54) is 101 Å².